The predicted molar refractivity (Wildman–Crippen MR) is 138 cm³/mol. The zero-order valence-electron chi connectivity index (χ0n) is 22.1. The number of ether oxygens (including phenoxy) is 1. The second-order valence-electron chi connectivity index (χ2n) is 9.76. The van der Waals surface area contributed by atoms with Crippen LogP contribution in [0, 0.1) is 29.3 Å². The molecular formula is C28H29F3N4O5. The van der Waals surface area contributed by atoms with Gasteiger partial charge in [-0.2, -0.15) is 0 Å². The molecule has 0 spiro atoms. The van der Waals surface area contributed by atoms with Crippen molar-refractivity contribution < 1.29 is 37.1 Å². The minimum atomic E-state index is -1.21. The molecule has 2 aromatic rings. The number of methoxy groups -OCH3 is 1. The van der Waals surface area contributed by atoms with Gasteiger partial charge in [0.25, 0.3) is 0 Å². The fraction of sp³-hybridized carbons (Fsp3) is 0.393. The van der Waals surface area contributed by atoms with Crippen LogP contribution in [-0.4, -0.2) is 78.1 Å². The van der Waals surface area contributed by atoms with E-state index in [1.54, 1.807) is 0 Å². The number of piperidine rings is 1. The summed E-state index contributed by atoms with van der Waals surface area (Å²) in [5.74, 6) is -4.89. The number of amides is 3. The van der Waals surface area contributed by atoms with Crippen molar-refractivity contribution in [2.75, 3.05) is 33.3 Å². The lowest BCUT2D eigenvalue weighted by molar-refractivity contribution is -0.150. The average Bonchev–Trinajstić information content (AvgIpc) is 2.95. The number of hydrogen-bond donors (Lipinski definition) is 0. The lowest BCUT2D eigenvalue weighted by Crippen LogP contribution is -2.56. The van der Waals surface area contributed by atoms with Crippen molar-refractivity contribution in [3.8, 4) is 0 Å². The van der Waals surface area contributed by atoms with Gasteiger partial charge in [0.1, 0.15) is 11.7 Å². The van der Waals surface area contributed by atoms with Crippen LogP contribution in [0.2, 0.25) is 0 Å². The molecule has 4 rings (SSSR count). The molecular weight excluding hydrogens is 529 g/mol. The highest BCUT2D eigenvalue weighted by molar-refractivity contribution is 6.08. The Balaban J connectivity index is 1.49. The lowest BCUT2D eigenvalue weighted by atomic mass is 9.87. The summed E-state index contributed by atoms with van der Waals surface area (Å²) in [6, 6.07) is 6.38. The maximum Gasteiger partial charge on any atom is 0.362 e. The molecule has 212 valence electrons. The van der Waals surface area contributed by atoms with Crippen molar-refractivity contribution >= 4 is 29.9 Å². The van der Waals surface area contributed by atoms with Crippen molar-refractivity contribution in [2.45, 2.75) is 25.8 Å². The molecule has 0 bridgehead atoms. The van der Waals surface area contributed by atoms with Crippen molar-refractivity contribution in [1.82, 2.24) is 14.9 Å². The van der Waals surface area contributed by atoms with E-state index in [0.717, 1.165) is 29.3 Å². The fourth-order valence-corrected chi connectivity index (χ4v) is 5.21. The molecule has 2 aliphatic heterocycles. The summed E-state index contributed by atoms with van der Waals surface area (Å²) in [7, 11) is 1.15. The van der Waals surface area contributed by atoms with Gasteiger partial charge in [0.05, 0.1) is 19.7 Å². The molecule has 0 aromatic heterocycles. The average molecular weight is 559 g/mol. The Morgan fingerprint density at radius 2 is 1.75 bits per heavy atom. The Morgan fingerprint density at radius 1 is 1.07 bits per heavy atom. The number of hydrazine groups is 1. The number of esters is 1. The highest BCUT2D eigenvalue weighted by Gasteiger charge is 2.45. The standard InChI is InChI=1S/C28H29F3N4O5/c1-17-24(27(38)40-2)25(20-5-8-22(30)23(31)15-20)35(28(39)32-17)34(16-36)14-13-33-11-9-19(10-12-33)26(37)18-3-6-21(29)7-4-18/h3-8,15-16,19,24-25H,9-14H2,1-2H3. The van der Waals surface area contributed by atoms with Gasteiger partial charge >= 0.3 is 12.0 Å². The molecule has 9 nitrogen and oxygen atoms in total. The zero-order chi connectivity index (χ0) is 29.0. The molecule has 12 heteroatoms. The SMILES string of the molecule is COC(=O)C1C(C)=NC(=O)N(N(C=O)CCN2CCC(C(=O)c3ccc(F)cc3)CC2)C1c1ccc(F)c(F)c1. The van der Waals surface area contributed by atoms with Gasteiger partial charge in [-0.15, -0.1) is 0 Å². The van der Waals surface area contributed by atoms with Crippen LogP contribution in [0.1, 0.15) is 41.7 Å². The summed E-state index contributed by atoms with van der Waals surface area (Å²) < 4.78 is 46.0. The maximum absolute atomic E-state index is 14.2. The fourth-order valence-electron chi connectivity index (χ4n) is 5.21. The Bertz CT molecular complexity index is 1310. The number of benzene rings is 2. The Kier molecular flexibility index (Phi) is 8.98. The van der Waals surface area contributed by atoms with Gasteiger partial charge in [-0.05, 0) is 74.8 Å². The highest BCUT2D eigenvalue weighted by Crippen LogP contribution is 2.36. The number of rotatable bonds is 9. The molecule has 2 aromatic carbocycles. The number of Topliss-reactive ketones (excluding diaryl/α,β-unsaturated/α-hetero) is 1. The molecule has 0 aliphatic carbocycles. The van der Waals surface area contributed by atoms with Crippen LogP contribution in [0.15, 0.2) is 47.5 Å². The number of ketones is 1. The van der Waals surface area contributed by atoms with Gasteiger partial charge in [-0.1, -0.05) is 6.07 Å². The lowest BCUT2D eigenvalue weighted by Gasteiger charge is -2.43. The minimum Gasteiger partial charge on any atom is -0.468 e. The Morgan fingerprint density at radius 3 is 2.35 bits per heavy atom. The Hall–Kier alpha value is -4.06. The molecule has 2 atom stereocenters. The smallest absolute Gasteiger partial charge is 0.362 e. The first-order valence-electron chi connectivity index (χ1n) is 12.8. The van der Waals surface area contributed by atoms with E-state index in [1.165, 1.54) is 37.3 Å². The molecule has 0 radical (unpaired) electrons. The molecule has 40 heavy (non-hydrogen) atoms. The van der Waals surface area contributed by atoms with Gasteiger partial charge in [0.15, 0.2) is 17.4 Å². The van der Waals surface area contributed by atoms with Crippen LogP contribution in [0.25, 0.3) is 0 Å². The van der Waals surface area contributed by atoms with E-state index < -0.39 is 41.4 Å². The summed E-state index contributed by atoms with van der Waals surface area (Å²) in [4.78, 5) is 56.7. The summed E-state index contributed by atoms with van der Waals surface area (Å²) >= 11 is 0. The largest absolute Gasteiger partial charge is 0.468 e. The monoisotopic (exact) mass is 558 g/mol. The van der Waals surface area contributed by atoms with Gasteiger partial charge < -0.3 is 9.64 Å². The van der Waals surface area contributed by atoms with E-state index in [4.69, 9.17) is 4.74 Å². The second kappa shape index (κ2) is 12.4. The molecule has 0 N–H and O–H groups in total. The van der Waals surface area contributed by atoms with Crippen LogP contribution in [-0.2, 0) is 14.3 Å². The minimum absolute atomic E-state index is 0.0223. The predicted octanol–water partition coefficient (Wildman–Crippen LogP) is 3.80. The van der Waals surface area contributed by atoms with E-state index in [0.29, 0.717) is 44.4 Å². The van der Waals surface area contributed by atoms with Crippen LogP contribution in [0.4, 0.5) is 18.0 Å². The number of hydrogen-bond acceptors (Lipinski definition) is 6. The Labute approximate surface area is 229 Å². The summed E-state index contributed by atoms with van der Waals surface area (Å²) in [5, 5.41) is 2.04. The van der Waals surface area contributed by atoms with E-state index in [2.05, 4.69) is 4.99 Å². The number of urea groups is 1. The van der Waals surface area contributed by atoms with Crippen molar-refractivity contribution in [3.63, 3.8) is 0 Å². The molecule has 2 aliphatic rings. The molecule has 2 heterocycles. The third-order valence-corrected chi connectivity index (χ3v) is 7.37. The van der Waals surface area contributed by atoms with Crippen LogP contribution >= 0.6 is 0 Å². The number of nitrogens with zero attached hydrogens (tertiary/aromatic N) is 4. The molecule has 0 saturated carbocycles. The van der Waals surface area contributed by atoms with Crippen molar-refractivity contribution in [3.05, 3.63) is 71.0 Å². The number of halogens is 3. The first kappa shape index (κ1) is 28.9. The quantitative estimate of drug-likeness (QED) is 0.264. The van der Waals surface area contributed by atoms with Crippen LogP contribution in [0.5, 0.6) is 0 Å². The van der Waals surface area contributed by atoms with Crippen LogP contribution < -0.4 is 0 Å². The number of likely N-dealkylation sites (tertiary alicyclic amines) is 1. The first-order valence-corrected chi connectivity index (χ1v) is 12.8. The summed E-state index contributed by atoms with van der Waals surface area (Å²) in [5.41, 5.74) is 0.653. The first-order chi connectivity index (χ1) is 19.1. The van der Waals surface area contributed by atoms with E-state index >= 15 is 0 Å². The number of carbonyl (C=O) groups excluding carboxylic acids is 4. The zero-order valence-corrected chi connectivity index (χ0v) is 22.1. The van der Waals surface area contributed by atoms with E-state index in [9.17, 15) is 32.3 Å². The highest BCUT2D eigenvalue weighted by atomic mass is 19.2. The topological polar surface area (TPSA) is 99.6 Å². The molecule has 3 amide bonds. The summed E-state index contributed by atoms with van der Waals surface area (Å²) in [6.45, 7) is 2.90. The number of carbonyl (C=O) groups is 4. The van der Waals surface area contributed by atoms with E-state index in [1.807, 2.05) is 4.90 Å². The van der Waals surface area contributed by atoms with Crippen molar-refractivity contribution in [2.24, 2.45) is 16.8 Å². The maximum atomic E-state index is 14.2. The normalized spacial score (nSPS) is 20.2. The third kappa shape index (κ3) is 6.06. The van der Waals surface area contributed by atoms with Crippen LogP contribution in [0.3, 0.4) is 0 Å². The molecule has 2 unspecified atom stereocenters. The van der Waals surface area contributed by atoms with Gasteiger partial charge in [0.2, 0.25) is 6.41 Å². The van der Waals surface area contributed by atoms with Gasteiger partial charge in [0, 0.05) is 23.7 Å². The second-order valence-corrected chi connectivity index (χ2v) is 9.76. The van der Waals surface area contributed by atoms with E-state index in [-0.39, 0.29) is 29.5 Å². The molecule has 1 fully saturated rings. The summed E-state index contributed by atoms with van der Waals surface area (Å²) in [6.07, 6.45) is 1.54. The van der Waals surface area contributed by atoms with Gasteiger partial charge in [-0.3, -0.25) is 19.4 Å². The molecule has 1 saturated heterocycles. The van der Waals surface area contributed by atoms with Crippen molar-refractivity contribution in [1.29, 1.82) is 0 Å². The third-order valence-electron chi connectivity index (χ3n) is 7.37. The van der Waals surface area contributed by atoms with Gasteiger partial charge in [-0.25, -0.2) is 28.0 Å². The number of aliphatic imine (C=N–C) groups is 1.